The van der Waals surface area contributed by atoms with Crippen molar-refractivity contribution in [1.82, 2.24) is 10.2 Å². The summed E-state index contributed by atoms with van der Waals surface area (Å²) in [5.41, 5.74) is 1.64. The Morgan fingerprint density at radius 3 is 2.29 bits per heavy atom. The van der Waals surface area contributed by atoms with Crippen LogP contribution in [0, 0.1) is 0 Å². The number of methoxy groups -OCH3 is 1. The SMILES string of the molecule is CCNC(=O)C(C)N(Cc1ccc(OC)cc1)C(=O)Cc1ccc(Cl)c(Cl)c1. The van der Waals surface area contributed by atoms with Gasteiger partial charge in [-0.1, -0.05) is 41.4 Å². The minimum absolute atomic E-state index is 0.122. The lowest BCUT2D eigenvalue weighted by Gasteiger charge is -2.29. The summed E-state index contributed by atoms with van der Waals surface area (Å²) in [6, 6.07) is 11.9. The summed E-state index contributed by atoms with van der Waals surface area (Å²) in [6.45, 7) is 4.38. The van der Waals surface area contributed by atoms with Crippen LogP contribution in [0.4, 0.5) is 0 Å². The summed E-state index contributed by atoms with van der Waals surface area (Å²) in [5.74, 6) is 0.362. The third kappa shape index (κ3) is 5.88. The van der Waals surface area contributed by atoms with E-state index in [1.165, 1.54) is 0 Å². The van der Waals surface area contributed by atoms with Crippen molar-refractivity contribution >= 4 is 35.0 Å². The molecule has 0 saturated carbocycles. The molecule has 2 amide bonds. The van der Waals surface area contributed by atoms with Crippen molar-refractivity contribution in [3.63, 3.8) is 0 Å². The molecule has 2 aromatic rings. The van der Waals surface area contributed by atoms with Crippen LogP contribution in [-0.2, 0) is 22.6 Å². The van der Waals surface area contributed by atoms with E-state index in [-0.39, 0.29) is 18.2 Å². The molecule has 0 aliphatic carbocycles. The summed E-state index contributed by atoms with van der Waals surface area (Å²) in [7, 11) is 1.60. The van der Waals surface area contributed by atoms with Crippen molar-refractivity contribution in [2.24, 2.45) is 0 Å². The molecule has 1 N–H and O–H groups in total. The maximum atomic E-state index is 13.0. The van der Waals surface area contributed by atoms with Crippen molar-refractivity contribution in [3.8, 4) is 5.75 Å². The van der Waals surface area contributed by atoms with Gasteiger partial charge in [0.2, 0.25) is 11.8 Å². The van der Waals surface area contributed by atoms with Crippen LogP contribution in [0.1, 0.15) is 25.0 Å². The lowest BCUT2D eigenvalue weighted by atomic mass is 10.1. The second-order valence-corrected chi connectivity index (χ2v) is 7.18. The maximum absolute atomic E-state index is 13.0. The van der Waals surface area contributed by atoms with E-state index in [0.717, 1.165) is 16.9 Å². The second kappa shape index (κ2) is 10.3. The molecule has 0 radical (unpaired) electrons. The monoisotopic (exact) mass is 422 g/mol. The number of benzene rings is 2. The van der Waals surface area contributed by atoms with E-state index >= 15 is 0 Å². The summed E-state index contributed by atoms with van der Waals surface area (Å²) in [5, 5.41) is 3.60. The van der Waals surface area contributed by atoms with Crippen LogP contribution in [0.3, 0.4) is 0 Å². The van der Waals surface area contributed by atoms with Gasteiger partial charge in [-0.25, -0.2) is 0 Å². The number of likely N-dealkylation sites (N-methyl/N-ethyl adjacent to an activating group) is 1. The van der Waals surface area contributed by atoms with Crippen LogP contribution in [0.2, 0.25) is 10.0 Å². The molecule has 0 aliphatic heterocycles. The van der Waals surface area contributed by atoms with Crippen molar-refractivity contribution in [2.75, 3.05) is 13.7 Å². The first-order valence-electron chi connectivity index (χ1n) is 8.99. The molecule has 7 heteroatoms. The predicted molar refractivity (Wildman–Crippen MR) is 112 cm³/mol. The molecule has 0 aliphatic rings. The van der Waals surface area contributed by atoms with E-state index in [4.69, 9.17) is 27.9 Å². The van der Waals surface area contributed by atoms with Gasteiger partial charge < -0.3 is 15.0 Å². The number of nitrogens with one attached hydrogen (secondary N) is 1. The maximum Gasteiger partial charge on any atom is 0.242 e. The molecule has 0 spiro atoms. The quantitative estimate of drug-likeness (QED) is 0.696. The zero-order chi connectivity index (χ0) is 20.7. The van der Waals surface area contributed by atoms with E-state index in [9.17, 15) is 9.59 Å². The smallest absolute Gasteiger partial charge is 0.242 e. The van der Waals surface area contributed by atoms with E-state index in [1.807, 2.05) is 31.2 Å². The minimum Gasteiger partial charge on any atom is -0.497 e. The van der Waals surface area contributed by atoms with Crippen molar-refractivity contribution in [2.45, 2.75) is 32.9 Å². The molecule has 0 bridgehead atoms. The van der Waals surface area contributed by atoms with Gasteiger partial charge in [0.05, 0.1) is 23.6 Å². The first-order valence-corrected chi connectivity index (χ1v) is 9.75. The highest BCUT2D eigenvalue weighted by molar-refractivity contribution is 6.42. The van der Waals surface area contributed by atoms with Gasteiger partial charge >= 0.3 is 0 Å². The number of rotatable bonds is 8. The number of carbonyl (C=O) groups excluding carboxylic acids is 2. The van der Waals surface area contributed by atoms with E-state index in [1.54, 1.807) is 37.1 Å². The summed E-state index contributed by atoms with van der Waals surface area (Å²) in [4.78, 5) is 27.0. The average molecular weight is 423 g/mol. The highest BCUT2D eigenvalue weighted by Crippen LogP contribution is 2.23. The minimum atomic E-state index is -0.614. The van der Waals surface area contributed by atoms with Gasteiger partial charge in [-0.15, -0.1) is 0 Å². The van der Waals surface area contributed by atoms with E-state index < -0.39 is 6.04 Å². The molecule has 2 aromatic carbocycles. The van der Waals surface area contributed by atoms with Crippen molar-refractivity contribution < 1.29 is 14.3 Å². The fourth-order valence-corrected chi connectivity index (χ4v) is 3.08. The number of hydrogen-bond acceptors (Lipinski definition) is 3. The van der Waals surface area contributed by atoms with Crippen LogP contribution < -0.4 is 10.1 Å². The van der Waals surface area contributed by atoms with Gasteiger partial charge in [-0.3, -0.25) is 9.59 Å². The number of amides is 2. The third-order valence-electron chi connectivity index (χ3n) is 4.37. The first-order chi connectivity index (χ1) is 13.3. The highest BCUT2D eigenvalue weighted by atomic mass is 35.5. The van der Waals surface area contributed by atoms with Crippen LogP contribution in [0.15, 0.2) is 42.5 Å². The molecular formula is C21H24Cl2N2O3. The van der Waals surface area contributed by atoms with E-state index in [2.05, 4.69) is 5.32 Å². The van der Waals surface area contributed by atoms with Crippen LogP contribution in [0.5, 0.6) is 5.75 Å². The number of ether oxygens (including phenoxy) is 1. The van der Waals surface area contributed by atoms with Gasteiger partial charge in [-0.05, 0) is 49.2 Å². The number of carbonyl (C=O) groups is 2. The van der Waals surface area contributed by atoms with Crippen molar-refractivity contribution in [3.05, 3.63) is 63.6 Å². The Labute approximate surface area is 175 Å². The molecule has 0 heterocycles. The Morgan fingerprint density at radius 1 is 1.07 bits per heavy atom. The fourth-order valence-electron chi connectivity index (χ4n) is 2.76. The highest BCUT2D eigenvalue weighted by Gasteiger charge is 2.26. The van der Waals surface area contributed by atoms with Crippen LogP contribution >= 0.6 is 23.2 Å². The molecule has 1 unspecified atom stereocenters. The van der Waals surface area contributed by atoms with Gasteiger partial charge in [0.1, 0.15) is 11.8 Å². The lowest BCUT2D eigenvalue weighted by Crippen LogP contribution is -2.48. The molecule has 1 atom stereocenters. The normalized spacial score (nSPS) is 11.6. The number of hydrogen-bond donors (Lipinski definition) is 1. The zero-order valence-corrected chi connectivity index (χ0v) is 17.7. The Balaban J connectivity index is 2.23. The van der Waals surface area contributed by atoms with Gasteiger partial charge in [0.15, 0.2) is 0 Å². The standard InChI is InChI=1S/C21H24Cl2N2O3/c1-4-24-21(27)14(2)25(13-15-5-8-17(28-3)9-6-15)20(26)12-16-7-10-18(22)19(23)11-16/h5-11,14H,4,12-13H2,1-3H3,(H,24,27). The fraction of sp³-hybridized carbons (Fsp3) is 0.333. The summed E-state index contributed by atoms with van der Waals surface area (Å²) >= 11 is 12.0. The second-order valence-electron chi connectivity index (χ2n) is 6.37. The molecule has 0 aromatic heterocycles. The molecule has 150 valence electrons. The largest absolute Gasteiger partial charge is 0.497 e. The molecule has 5 nitrogen and oxygen atoms in total. The number of halogens is 2. The zero-order valence-electron chi connectivity index (χ0n) is 16.2. The Kier molecular flexibility index (Phi) is 8.15. The molecule has 0 fully saturated rings. The summed E-state index contributed by atoms with van der Waals surface area (Å²) in [6.07, 6.45) is 0.122. The Hall–Kier alpha value is -2.24. The third-order valence-corrected chi connectivity index (χ3v) is 5.11. The van der Waals surface area contributed by atoms with Crippen LogP contribution in [-0.4, -0.2) is 36.4 Å². The molecule has 2 rings (SSSR count). The molecule has 28 heavy (non-hydrogen) atoms. The van der Waals surface area contributed by atoms with Gasteiger partial charge in [0.25, 0.3) is 0 Å². The topological polar surface area (TPSA) is 58.6 Å². The lowest BCUT2D eigenvalue weighted by molar-refractivity contribution is -0.140. The average Bonchev–Trinajstić information content (AvgIpc) is 2.69. The van der Waals surface area contributed by atoms with E-state index in [0.29, 0.717) is 23.1 Å². The molecule has 0 saturated heterocycles. The van der Waals surface area contributed by atoms with Gasteiger partial charge in [-0.2, -0.15) is 0 Å². The Bertz CT molecular complexity index is 825. The summed E-state index contributed by atoms with van der Waals surface area (Å²) < 4.78 is 5.17. The first kappa shape index (κ1) is 22.1. The predicted octanol–water partition coefficient (Wildman–Crippen LogP) is 4.10. The molecular weight excluding hydrogens is 399 g/mol. The Morgan fingerprint density at radius 2 is 1.71 bits per heavy atom. The van der Waals surface area contributed by atoms with Crippen molar-refractivity contribution in [1.29, 1.82) is 0 Å². The van der Waals surface area contributed by atoms with Gasteiger partial charge in [0, 0.05) is 13.1 Å². The van der Waals surface area contributed by atoms with Crippen LogP contribution in [0.25, 0.3) is 0 Å². The number of nitrogens with zero attached hydrogens (tertiary/aromatic N) is 1.